The van der Waals surface area contributed by atoms with Crippen LogP contribution in [0.2, 0.25) is 5.02 Å². The average Bonchev–Trinajstić information content (AvgIpc) is 2.59. The Morgan fingerprint density at radius 3 is 2.32 bits per heavy atom. The van der Waals surface area contributed by atoms with E-state index < -0.39 is 0 Å². The van der Waals surface area contributed by atoms with Gasteiger partial charge in [0.2, 0.25) is 0 Å². The van der Waals surface area contributed by atoms with Crippen LogP contribution in [0.3, 0.4) is 0 Å². The molecule has 25 heavy (non-hydrogen) atoms. The Bertz CT molecular complexity index is 1040. The van der Waals surface area contributed by atoms with Crippen molar-refractivity contribution in [2.75, 3.05) is 23.9 Å². The van der Waals surface area contributed by atoms with Gasteiger partial charge < -0.3 is 4.90 Å². The van der Waals surface area contributed by atoms with Crippen molar-refractivity contribution < 1.29 is 9.59 Å². The molecule has 4 rings (SSSR count). The van der Waals surface area contributed by atoms with Gasteiger partial charge in [-0.2, -0.15) is 0 Å². The standard InChI is InChI=1S/C20H15ClN2O2/c1-22(2)15-9-12-5-3-8-16-18(12)17(11-15)20(25)23(19(16)24)14-7-4-6-13(21)10-14/h3-11H,1-2H3. The highest BCUT2D eigenvalue weighted by Gasteiger charge is 2.34. The number of halogens is 1. The van der Waals surface area contributed by atoms with Crippen molar-refractivity contribution in [3.05, 3.63) is 70.7 Å². The van der Waals surface area contributed by atoms with E-state index in [0.29, 0.717) is 27.2 Å². The first-order valence-corrected chi connectivity index (χ1v) is 8.23. The fourth-order valence-corrected chi connectivity index (χ4v) is 3.38. The van der Waals surface area contributed by atoms with E-state index in [9.17, 15) is 9.59 Å². The Kier molecular flexibility index (Phi) is 3.51. The minimum Gasteiger partial charge on any atom is -0.378 e. The summed E-state index contributed by atoms with van der Waals surface area (Å²) in [5.41, 5.74) is 2.43. The molecule has 0 aliphatic carbocycles. The fraction of sp³-hybridized carbons (Fsp3) is 0.100. The van der Waals surface area contributed by atoms with E-state index in [1.807, 2.05) is 43.3 Å². The zero-order chi connectivity index (χ0) is 17.7. The third-order valence-electron chi connectivity index (χ3n) is 4.41. The predicted octanol–water partition coefficient (Wildman–Crippen LogP) is 4.36. The molecule has 2 amide bonds. The first-order valence-electron chi connectivity index (χ1n) is 7.86. The van der Waals surface area contributed by atoms with Crippen LogP contribution in [0, 0.1) is 0 Å². The summed E-state index contributed by atoms with van der Waals surface area (Å²) in [4.78, 5) is 29.3. The van der Waals surface area contributed by atoms with Gasteiger partial charge in [-0.25, -0.2) is 4.90 Å². The van der Waals surface area contributed by atoms with Gasteiger partial charge in [0.05, 0.1) is 11.3 Å². The summed E-state index contributed by atoms with van der Waals surface area (Å²) in [6, 6.07) is 16.1. The highest BCUT2D eigenvalue weighted by atomic mass is 35.5. The first kappa shape index (κ1) is 15.7. The Hall–Kier alpha value is -2.85. The van der Waals surface area contributed by atoms with E-state index in [2.05, 4.69) is 0 Å². The number of amides is 2. The molecule has 3 aromatic rings. The van der Waals surface area contributed by atoms with Crippen molar-refractivity contribution in [2.24, 2.45) is 0 Å². The van der Waals surface area contributed by atoms with Crippen molar-refractivity contribution in [1.82, 2.24) is 0 Å². The minimum absolute atomic E-state index is 0.331. The minimum atomic E-state index is -0.334. The van der Waals surface area contributed by atoms with E-state index in [0.717, 1.165) is 11.1 Å². The second-order valence-corrected chi connectivity index (χ2v) is 6.65. The van der Waals surface area contributed by atoms with Gasteiger partial charge in [0.25, 0.3) is 11.8 Å². The van der Waals surface area contributed by atoms with Crippen molar-refractivity contribution >= 4 is 45.6 Å². The molecule has 0 atom stereocenters. The third-order valence-corrected chi connectivity index (χ3v) is 4.65. The lowest BCUT2D eigenvalue weighted by Gasteiger charge is -2.28. The predicted molar refractivity (Wildman–Crippen MR) is 101 cm³/mol. The van der Waals surface area contributed by atoms with E-state index in [-0.39, 0.29) is 11.8 Å². The molecule has 124 valence electrons. The zero-order valence-electron chi connectivity index (χ0n) is 13.8. The molecular formula is C20H15ClN2O2. The lowest BCUT2D eigenvalue weighted by molar-refractivity contribution is 0.0893. The zero-order valence-corrected chi connectivity index (χ0v) is 14.5. The molecule has 0 saturated carbocycles. The largest absolute Gasteiger partial charge is 0.378 e. The number of imide groups is 1. The summed E-state index contributed by atoms with van der Waals surface area (Å²) in [7, 11) is 3.84. The van der Waals surface area contributed by atoms with Crippen LogP contribution in [0.1, 0.15) is 20.7 Å². The monoisotopic (exact) mass is 350 g/mol. The average molecular weight is 351 g/mol. The summed E-state index contributed by atoms with van der Waals surface area (Å²) < 4.78 is 0. The van der Waals surface area contributed by atoms with E-state index in [4.69, 9.17) is 11.6 Å². The Labute approximate surface area is 150 Å². The van der Waals surface area contributed by atoms with Crippen LogP contribution >= 0.6 is 11.6 Å². The number of rotatable bonds is 2. The maximum atomic E-state index is 13.1. The molecular weight excluding hydrogens is 336 g/mol. The number of carbonyl (C=O) groups excluding carboxylic acids is 2. The molecule has 1 aliphatic heterocycles. The lowest BCUT2D eigenvalue weighted by Crippen LogP contribution is -2.40. The number of hydrogen-bond donors (Lipinski definition) is 0. The normalized spacial score (nSPS) is 13.5. The summed E-state index contributed by atoms with van der Waals surface area (Å²) >= 11 is 6.05. The van der Waals surface area contributed by atoms with Crippen LogP contribution in [0.5, 0.6) is 0 Å². The second-order valence-electron chi connectivity index (χ2n) is 6.22. The van der Waals surface area contributed by atoms with Gasteiger partial charge in [0.15, 0.2) is 0 Å². The molecule has 0 radical (unpaired) electrons. The summed E-state index contributed by atoms with van der Waals surface area (Å²) in [5.74, 6) is -0.664. The molecule has 0 fully saturated rings. The van der Waals surface area contributed by atoms with Crippen molar-refractivity contribution in [2.45, 2.75) is 0 Å². The van der Waals surface area contributed by atoms with Crippen molar-refractivity contribution in [3.63, 3.8) is 0 Å². The highest BCUT2D eigenvalue weighted by Crippen LogP contribution is 2.35. The van der Waals surface area contributed by atoms with Crippen LogP contribution in [-0.4, -0.2) is 25.9 Å². The SMILES string of the molecule is CN(C)c1cc2c3c(cccc3c1)C(=O)N(c1cccc(Cl)c1)C2=O. The van der Waals surface area contributed by atoms with Crippen LogP contribution in [0.4, 0.5) is 11.4 Å². The van der Waals surface area contributed by atoms with Gasteiger partial charge in [0, 0.05) is 35.8 Å². The maximum Gasteiger partial charge on any atom is 0.266 e. The lowest BCUT2D eigenvalue weighted by atomic mass is 9.93. The molecule has 0 bridgehead atoms. The number of hydrogen-bond acceptors (Lipinski definition) is 3. The first-order chi connectivity index (χ1) is 12.0. The molecule has 0 spiro atoms. The maximum absolute atomic E-state index is 13.1. The van der Waals surface area contributed by atoms with Crippen LogP contribution in [-0.2, 0) is 0 Å². The van der Waals surface area contributed by atoms with Crippen molar-refractivity contribution in [3.8, 4) is 0 Å². The molecule has 4 nitrogen and oxygen atoms in total. The summed E-state index contributed by atoms with van der Waals surface area (Å²) in [6.07, 6.45) is 0. The summed E-state index contributed by atoms with van der Waals surface area (Å²) in [5, 5.41) is 2.07. The van der Waals surface area contributed by atoms with Crippen LogP contribution < -0.4 is 9.80 Å². The smallest absolute Gasteiger partial charge is 0.266 e. The summed E-state index contributed by atoms with van der Waals surface area (Å²) in [6.45, 7) is 0. The molecule has 3 aromatic carbocycles. The van der Waals surface area contributed by atoms with Crippen molar-refractivity contribution in [1.29, 1.82) is 0 Å². The van der Waals surface area contributed by atoms with E-state index in [1.165, 1.54) is 4.90 Å². The molecule has 0 saturated heterocycles. The van der Waals surface area contributed by atoms with Gasteiger partial charge in [0.1, 0.15) is 0 Å². The Balaban J connectivity index is 2.00. The number of anilines is 2. The quantitative estimate of drug-likeness (QED) is 0.645. The van der Waals surface area contributed by atoms with E-state index in [1.54, 1.807) is 30.3 Å². The second kappa shape index (κ2) is 5.60. The van der Waals surface area contributed by atoms with Crippen LogP contribution in [0.25, 0.3) is 10.8 Å². The van der Waals surface area contributed by atoms with Gasteiger partial charge in [-0.05, 0) is 41.8 Å². The number of benzene rings is 3. The van der Waals surface area contributed by atoms with Gasteiger partial charge in [-0.1, -0.05) is 29.8 Å². The molecule has 1 heterocycles. The molecule has 5 heteroatoms. The van der Waals surface area contributed by atoms with E-state index >= 15 is 0 Å². The number of nitrogens with zero attached hydrogens (tertiary/aromatic N) is 2. The Morgan fingerprint density at radius 1 is 0.880 bits per heavy atom. The molecule has 0 N–H and O–H groups in total. The van der Waals surface area contributed by atoms with Gasteiger partial charge in [-0.15, -0.1) is 0 Å². The van der Waals surface area contributed by atoms with Gasteiger partial charge in [-0.3, -0.25) is 9.59 Å². The highest BCUT2D eigenvalue weighted by molar-refractivity contribution is 6.36. The fourth-order valence-electron chi connectivity index (χ4n) is 3.20. The van der Waals surface area contributed by atoms with Gasteiger partial charge >= 0.3 is 0 Å². The van der Waals surface area contributed by atoms with Crippen LogP contribution in [0.15, 0.2) is 54.6 Å². The molecule has 0 aromatic heterocycles. The topological polar surface area (TPSA) is 40.6 Å². The third kappa shape index (κ3) is 2.37. The molecule has 0 unspecified atom stereocenters. The molecule has 1 aliphatic rings. The Morgan fingerprint density at radius 2 is 1.60 bits per heavy atom. The number of carbonyl (C=O) groups is 2.